The van der Waals surface area contributed by atoms with Gasteiger partial charge in [0.05, 0.1) is 11.7 Å². The van der Waals surface area contributed by atoms with Gasteiger partial charge in [0, 0.05) is 51.7 Å². The molecule has 0 bridgehead atoms. The lowest BCUT2D eigenvalue weighted by molar-refractivity contribution is -0.102. The first kappa shape index (κ1) is 15.6. The van der Waals surface area contributed by atoms with Crippen LogP contribution in [0.5, 0.6) is 0 Å². The second kappa shape index (κ2) is 6.54. The predicted molar refractivity (Wildman–Crippen MR) is 88.3 cm³/mol. The molecule has 1 N–H and O–H groups in total. The third kappa shape index (κ3) is 3.32. The molecule has 2 heterocycles. The summed E-state index contributed by atoms with van der Waals surface area (Å²) in [5.74, 6) is 1.93. The lowest BCUT2D eigenvalue weighted by atomic mass is 9.79. The third-order valence-electron chi connectivity index (χ3n) is 6.11. The van der Waals surface area contributed by atoms with Gasteiger partial charge >= 0.3 is 0 Å². The highest BCUT2D eigenvalue weighted by molar-refractivity contribution is 5.06. The van der Waals surface area contributed by atoms with E-state index in [9.17, 15) is 0 Å². The van der Waals surface area contributed by atoms with E-state index in [0.29, 0.717) is 12.1 Å². The van der Waals surface area contributed by atoms with Crippen LogP contribution in [0.1, 0.15) is 44.3 Å². The summed E-state index contributed by atoms with van der Waals surface area (Å²) in [6, 6.07) is 0.500. The van der Waals surface area contributed by atoms with Crippen molar-refractivity contribution in [2.24, 2.45) is 5.92 Å². The molecule has 23 heavy (non-hydrogen) atoms. The molecule has 0 spiro atoms. The van der Waals surface area contributed by atoms with Crippen LogP contribution < -0.4 is 0 Å². The van der Waals surface area contributed by atoms with E-state index in [2.05, 4.69) is 14.9 Å². The Morgan fingerprint density at radius 1 is 1.35 bits per heavy atom. The molecular formula is C18H29N3O2. The summed E-state index contributed by atoms with van der Waals surface area (Å²) in [4.78, 5) is 10.2. The number of hydrogen-bond acceptors (Lipinski definition) is 4. The number of rotatable bonds is 7. The van der Waals surface area contributed by atoms with Gasteiger partial charge < -0.3 is 14.5 Å². The Balaban J connectivity index is 1.37. The molecule has 0 aromatic carbocycles. The fraction of sp³-hybridized carbons (Fsp3) is 0.833. The second-order valence-corrected chi connectivity index (χ2v) is 7.53. The van der Waals surface area contributed by atoms with Crippen LogP contribution in [0.25, 0.3) is 0 Å². The molecule has 0 unspecified atom stereocenters. The molecule has 3 fully saturated rings. The lowest BCUT2D eigenvalue weighted by Gasteiger charge is -2.43. The topological polar surface area (TPSA) is 50.4 Å². The highest BCUT2D eigenvalue weighted by Crippen LogP contribution is 2.43. The van der Waals surface area contributed by atoms with Gasteiger partial charge in [0.2, 0.25) is 0 Å². The minimum atomic E-state index is 0.0581. The molecular weight excluding hydrogens is 290 g/mol. The van der Waals surface area contributed by atoms with E-state index in [4.69, 9.17) is 9.47 Å². The van der Waals surface area contributed by atoms with Crippen LogP contribution in [-0.2, 0) is 15.9 Å². The third-order valence-corrected chi connectivity index (χ3v) is 6.11. The van der Waals surface area contributed by atoms with Crippen LogP contribution in [0.15, 0.2) is 12.4 Å². The maximum absolute atomic E-state index is 6.20. The van der Waals surface area contributed by atoms with Crippen molar-refractivity contribution in [3.8, 4) is 0 Å². The zero-order chi connectivity index (χ0) is 15.7. The molecule has 5 nitrogen and oxygen atoms in total. The summed E-state index contributed by atoms with van der Waals surface area (Å²) < 4.78 is 12.2. The molecule has 0 radical (unpaired) electrons. The van der Waals surface area contributed by atoms with E-state index in [-0.39, 0.29) is 5.60 Å². The maximum Gasteiger partial charge on any atom is 0.107 e. The molecule has 3 atom stereocenters. The van der Waals surface area contributed by atoms with E-state index in [1.807, 2.05) is 19.5 Å². The second-order valence-electron chi connectivity index (χ2n) is 7.53. The van der Waals surface area contributed by atoms with Crippen molar-refractivity contribution >= 4 is 0 Å². The normalized spacial score (nSPS) is 34.7. The summed E-state index contributed by atoms with van der Waals surface area (Å²) in [5.41, 5.74) is 0.0581. The molecule has 4 rings (SSSR count). The summed E-state index contributed by atoms with van der Waals surface area (Å²) >= 11 is 0. The number of methoxy groups -OCH3 is 1. The Kier molecular flexibility index (Phi) is 4.43. The highest BCUT2D eigenvalue weighted by atomic mass is 16.5. The van der Waals surface area contributed by atoms with Gasteiger partial charge in [0.15, 0.2) is 0 Å². The predicted octanol–water partition coefficient (Wildman–Crippen LogP) is 2.39. The van der Waals surface area contributed by atoms with Crippen molar-refractivity contribution in [3.05, 3.63) is 18.2 Å². The van der Waals surface area contributed by atoms with Crippen LogP contribution >= 0.6 is 0 Å². The zero-order valence-electron chi connectivity index (χ0n) is 14.2. The maximum atomic E-state index is 6.20. The molecule has 0 amide bonds. The molecule has 3 aliphatic rings. The molecule has 1 aromatic rings. The van der Waals surface area contributed by atoms with Crippen molar-refractivity contribution in [2.75, 3.05) is 26.8 Å². The summed E-state index contributed by atoms with van der Waals surface area (Å²) in [6.45, 7) is 3.16. The number of hydrogen-bond donors (Lipinski definition) is 1. The van der Waals surface area contributed by atoms with E-state index >= 15 is 0 Å². The Morgan fingerprint density at radius 2 is 2.26 bits per heavy atom. The minimum Gasteiger partial charge on any atom is -0.378 e. The molecule has 1 saturated heterocycles. The van der Waals surface area contributed by atoms with E-state index < -0.39 is 0 Å². The Morgan fingerprint density at radius 3 is 3.00 bits per heavy atom. The van der Waals surface area contributed by atoms with E-state index in [0.717, 1.165) is 63.5 Å². The fourth-order valence-electron chi connectivity index (χ4n) is 4.42. The van der Waals surface area contributed by atoms with Gasteiger partial charge in [-0.05, 0) is 44.4 Å². The summed E-state index contributed by atoms with van der Waals surface area (Å²) in [6.07, 6.45) is 12.5. The van der Waals surface area contributed by atoms with Crippen LogP contribution in [0.2, 0.25) is 0 Å². The van der Waals surface area contributed by atoms with Gasteiger partial charge in [0.25, 0.3) is 0 Å². The Bertz CT molecular complexity index is 502. The number of fused-ring (bicyclic) bond motifs is 1. The minimum absolute atomic E-state index is 0.0581. The number of likely N-dealkylation sites (tertiary alicyclic amines) is 1. The summed E-state index contributed by atoms with van der Waals surface area (Å²) in [5, 5.41) is 0. The van der Waals surface area contributed by atoms with Crippen molar-refractivity contribution in [1.29, 1.82) is 0 Å². The molecule has 5 heteroatoms. The SMILES string of the molecule is CO[C@@]12CC[C@H](OCC3CC3)C[C@@H]1N(CCc1ncc[nH]1)CC2. The van der Waals surface area contributed by atoms with Crippen molar-refractivity contribution in [2.45, 2.75) is 62.7 Å². The monoisotopic (exact) mass is 319 g/mol. The molecule has 1 aromatic heterocycles. The van der Waals surface area contributed by atoms with Gasteiger partial charge in [-0.15, -0.1) is 0 Å². The first-order chi connectivity index (χ1) is 11.3. The fourth-order valence-corrected chi connectivity index (χ4v) is 4.42. The smallest absolute Gasteiger partial charge is 0.107 e. The molecule has 2 saturated carbocycles. The van der Waals surface area contributed by atoms with Crippen LogP contribution in [0, 0.1) is 5.92 Å². The average molecular weight is 319 g/mol. The van der Waals surface area contributed by atoms with E-state index in [1.54, 1.807) is 0 Å². The van der Waals surface area contributed by atoms with Crippen LogP contribution in [-0.4, -0.2) is 59.4 Å². The molecule has 1 aliphatic heterocycles. The van der Waals surface area contributed by atoms with E-state index in [1.165, 1.54) is 12.8 Å². The van der Waals surface area contributed by atoms with Crippen molar-refractivity contribution < 1.29 is 9.47 Å². The lowest BCUT2D eigenvalue weighted by Crippen LogP contribution is -2.52. The van der Waals surface area contributed by atoms with Gasteiger partial charge in [0.1, 0.15) is 5.82 Å². The average Bonchev–Trinajstić information content (AvgIpc) is 3.13. The largest absolute Gasteiger partial charge is 0.378 e. The first-order valence-corrected chi connectivity index (χ1v) is 9.18. The van der Waals surface area contributed by atoms with Crippen LogP contribution in [0.4, 0.5) is 0 Å². The number of H-pyrrole nitrogens is 1. The standard InChI is InChI=1S/C18H29N3O2/c1-22-18-6-4-15(23-13-14-2-3-14)12-16(18)21(11-7-18)10-5-17-19-8-9-20-17/h8-9,14-16H,2-7,10-13H2,1H3,(H,19,20)/t15-,16-,18+/m0/s1. The number of nitrogens with zero attached hydrogens (tertiary/aromatic N) is 2. The van der Waals surface area contributed by atoms with Gasteiger partial charge in [-0.1, -0.05) is 0 Å². The first-order valence-electron chi connectivity index (χ1n) is 9.18. The number of imidazole rings is 1. The number of aromatic nitrogens is 2. The van der Waals surface area contributed by atoms with Gasteiger partial charge in [-0.2, -0.15) is 0 Å². The van der Waals surface area contributed by atoms with Crippen molar-refractivity contribution in [1.82, 2.24) is 14.9 Å². The molecule has 128 valence electrons. The summed E-state index contributed by atoms with van der Waals surface area (Å²) in [7, 11) is 1.90. The quantitative estimate of drug-likeness (QED) is 0.838. The zero-order valence-corrected chi connectivity index (χ0v) is 14.2. The molecule has 2 aliphatic carbocycles. The number of aromatic amines is 1. The highest BCUT2D eigenvalue weighted by Gasteiger charge is 2.51. The van der Waals surface area contributed by atoms with Crippen molar-refractivity contribution in [3.63, 3.8) is 0 Å². The number of nitrogens with one attached hydrogen (secondary N) is 1. The van der Waals surface area contributed by atoms with Gasteiger partial charge in [-0.3, -0.25) is 4.90 Å². The Labute approximate surface area is 138 Å². The van der Waals surface area contributed by atoms with Crippen LogP contribution in [0.3, 0.4) is 0 Å². The Hall–Kier alpha value is -0.910. The number of ether oxygens (including phenoxy) is 2. The van der Waals surface area contributed by atoms with Gasteiger partial charge in [-0.25, -0.2) is 4.98 Å².